The quantitative estimate of drug-likeness (QED) is 0.406. The zero-order chi connectivity index (χ0) is 26.0. The molecule has 4 rings (SSSR count). The summed E-state index contributed by atoms with van der Waals surface area (Å²) in [5, 5.41) is 10.8. The fourth-order valence-corrected chi connectivity index (χ4v) is 5.22. The number of rotatable bonds is 10. The predicted octanol–water partition coefficient (Wildman–Crippen LogP) is 3.73. The molecule has 8 nitrogen and oxygen atoms in total. The first-order valence-electron chi connectivity index (χ1n) is 13.1. The molecule has 3 aromatic rings. The Bertz CT molecular complexity index is 1120. The van der Waals surface area contributed by atoms with Crippen LogP contribution in [0, 0.1) is 0 Å². The Balaban J connectivity index is 1.37. The van der Waals surface area contributed by atoms with Crippen molar-refractivity contribution >= 4 is 29.0 Å². The number of nitrogens with zero attached hydrogens (tertiary/aromatic N) is 6. The molecule has 0 atom stereocenters. The van der Waals surface area contributed by atoms with Gasteiger partial charge in [-0.25, -0.2) is 0 Å². The van der Waals surface area contributed by atoms with E-state index in [1.54, 1.807) is 4.90 Å². The summed E-state index contributed by atoms with van der Waals surface area (Å²) in [5.74, 6) is 0.750. The number of likely N-dealkylation sites (N-methyl/N-ethyl adjacent to an activating group) is 1. The molecule has 1 aliphatic heterocycles. The first kappa shape index (κ1) is 26.8. The van der Waals surface area contributed by atoms with Crippen molar-refractivity contribution in [1.29, 1.82) is 0 Å². The summed E-state index contributed by atoms with van der Waals surface area (Å²) in [7, 11) is 0. The summed E-state index contributed by atoms with van der Waals surface area (Å²) in [6, 6.07) is 17.7. The van der Waals surface area contributed by atoms with Crippen LogP contribution in [0.3, 0.4) is 0 Å². The molecule has 0 radical (unpaired) electrons. The van der Waals surface area contributed by atoms with Crippen LogP contribution in [0.2, 0.25) is 0 Å². The highest BCUT2D eigenvalue weighted by molar-refractivity contribution is 7.12. The highest BCUT2D eigenvalue weighted by Gasteiger charge is 2.25. The number of thiophene rings is 1. The van der Waals surface area contributed by atoms with E-state index in [1.807, 2.05) is 64.9 Å². The van der Waals surface area contributed by atoms with Crippen LogP contribution in [0.5, 0.6) is 0 Å². The topological polar surface area (TPSA) is 72.9 Å². The zero-order valence-electron chi connectivity index (χ0n) is 21.8. The smallest absolute Gasteiger partial charge is 0.264 e. The maximum atomic E-state index is 13.3. The summed E-state index contributed by atoms with van der Waals surface area (Å²) >= 11 is 1.42. The minimum atomic E-state index is -0.0688. The third-order valence-electron chi connectivity index (χ3n) is 6.82. The van der Waals surface area contributed by atoms with Crippen molar-refractivity contribution in [2.75, 3.05) is 63.8 Å². The van der Waals surface area contributed by atoms with E-state index < -0.39 is 0 Å². The molecule has 1 fully saturated rings. The summed E-state index contributed by atoms with van der Waals surface area (Å²) in [6.07, 6.45) is 0.839. The van der Waals surface area contributed by atoms with Crippen molar-refractivity contribution in [2.24, 2.45) is 0 Å². The van der Waals surface area contributed by atoms with Gasteiger partial charge in [0, 0.05) is 44.8 Å². The van der Waals surface area contributed by atoms with Gasteiger partial charge in [0.1, 0.15) is 6.54 Å². The molecule has 1 aliphatic rings. The first-order chi connectivity index (χ1) is 18.1. The van der Waals surface area contributed by atoms with Crippen molar-refractivity contribution < 1.29 is 9.59 Å². The average Bonchev–Trinajstić information content (AvgIpc) is 3.37. The van der Waals surface area contributed by atoms with Crippen LogP contribution in [-0.4, -0.2) is 95.6 Å². The number of hydrogen-bond donors (Lipinski definition) is 0. The predicted molar refractivity (Wildman–Crippen MR) is 149 cm³/mol. The molecule has 0 N–H and O–H groups in total. The number of amides is 2. The van der Waals surface area contributed by atoms with Crippen molar-refractivity contribution in [3.63, 3.8) is 0 Å². The van der Waals surface area contributed by atoms with E-state index in [0.717, 1.165) is 49.7 Å². The summed E-state index contributed by atoms with van der Waals surface area (Å²) in [6.45, 7) is 10.2. The molecule has 2 aromatic heterocycles. The monoisotopic (exact) mass is 520 g/mol. The Morgan fingerprint density at radius 3 is 2.38 bits per heavy atom. The molecule has 2 amide bonds. The number of benzene rings is 1. The molecule has 37 heavy (non-hydrogen) atoms. The highest BCUT2D eigenvalue weighted by Crippen LogP contribution is 2.19. The van der Waals surface area contributed by atoms with Crippen LogP contribution in [0.25, 0.3) is 11.3 Å². The van der Waals surface area contributed by atoms with E-state index in [2.05, 4.69) is 33.8 Å². The maximum Gasteiger partial charge on any atom is 0.264 e. The van der Waals surface area contributed by atoms with Gasteiger partial charge in [-0.15, -0.1) is 21.5 Å². The molecule has 0 saturated carbocycles. The highest BCUT2D eigenvalue weighted by atomic mass is 32.1. The lowest BCUT2D eigenvalue weighted by Gasteiger charge is -2.28. The average molecular weight is 521 g/mol. The Kier molecular flexibility index (Phi) is 9.62. The van der Waals surface area contributed by atoms with Crippen molar-refractivity contribution in [3.8, 4) is 11.3 Å². The van der Waals surface area contributed by atoms with Gasteiger partial charge in [-0.3, -0.25) is 9.59 Å². The minimum Gasteiger partial charge on any atom is -0.353 e. The lowest BCUT2D eigenvalue weighted by molar-refractivity contribution is -0.131. The largest absolute Gasteiger partial charge is 0.353 e. The molecular formula is C28H36N6O2S. The van der Waals surface area contributed by atoms with E-state index in [1.165, 1.54) is 11.3 Å². The van der Waals surface area contributed by atoms with Crippen LogP contribution in [-0.2, 0) is 4.79 Å². The lowest BCUT2D eigenvalue weighted by atomic mass is 10.1. The number of carbonyl (C=O) groups excluding carboxylic acids is 2. The van der Waals surface area contributed by atoms with E-state index >= 15 is 0 Å². The second-order valence-corrected chi connectivity index (χ2v) is 10.0. The molecule has 1 saturated heterocycles. The minimum absolute atomic E-state index is 0.00295. The van der Waals surface area contributed by atoms with Gasteiger partial charge in [0.2, 0.25) is 5.91 Å². The molecule has 3 heterocycles. The van der Waals surface area contributed by atoms with E-state index in [-0.39, 0.29) is 18.4 Å². The van der Waals surface area contributed by atoms with Crippen LogP contribution >= 0.6 is 11.3 Å². The van der Waals surface area contributed by atoms with Gasteiger partial charge in [0.15, 0.2) is 5.82 Å². The SMILES string of the molecule is CCN(CC)CCN(CC(=O)N1CCCN(c2ccc(-c3ccccc3)nn2)CC1)C(=O)c1cccs1. The summed E-state index contributed by atoms with van der Waals surface area (Å²) in [5.41, 5.74) is 1.88. The van der Waals surface area contributed by atoms with Gasteiger partial charge >= 0.3 is 0 Å². The van der Waals surface area contributed by atoms with Gasteiger partial charge in [0.25, 0.3) is 5.91 Å². The molecule has 1 aromatic carbocycles. The van der Waals surface area contributed by atoms with Crippen LogP contribution in [0.4, 0.5) is 5.82 Å². The third kappa shape index (κ3) is 7.14. The standard InChI is InChI=1S/C28H36N6O2S/c1-3-31(4-2)17-18-34(28(36)25-12-8-21-37-25)22-27(35)33-16-9-15-32(19-20-33)26-14-13-24(29-30-26)23-10-6-5-7-11-23/h5-8,10-14,21H,3-4,9,15-20,22H2,1-2H3. The van der Waals surface area contributed by atoms with Gasteiger partial charge in [-0.05, 0) is 43.1 Å². The third-order valence-corrected chi connectivity index (χ3v) is 7.68. The maximum absolute atomic E-state index is 13.3. The van der Waals surface area contributed by atoms with Crippen molar-refractivity contribution in [2.45, 2.75) is 20.3 Å². The second-order valence-electron chi connectivity index (χ2n) is 9.10. The normalized spacial score (nSPS) is 14.0. The Labute approximate surface area is 223 Å². The number of carbonyl (C=O) groups is 2. The summed E-state index contributed by atoms with van der Waals surface area (Å²) < 4.78 is 0. The lowest BCUT2D eigenvalue weighted by Crippen LogP contribution is -2.46. The number of hydrogen-bond acceptors (Lipinski definition) is 7. The van der Waals surface area contributed by atoms with Gasteiger partial charge < -0.3 is 19.6 Å². The molecular weight excluding hydrogens is 484 g/mol. The van der Waals surface area contributed by atoms with Crippen molar-refractivity contribution in [1.82, 2.24) is 24.9 Å². The molecule has 0 unspecified atom stereocenters. The zero-order valence-corrected chi connectivity index (χ0v) is 22.6. The molecule has 196 valence electrons. The van der Waals surface area contributed by atoms with Crippen LogP contribution < -0.4 is 4.90 Å². The first-order valence-corrected chi connectivity index (χ1v) is 13.9. The fourth-order valence-electron chi connectivity index (χ4n) is 4.53. The molecule has 0 aliphatic carbocycles. The molecule has 9 heteroatoms. The van der Waals surface area contributed by atoms with E-state index in [9.17, 15) is 9.59 Å². The van der Waals surface area contributed by atoms with Crippen LogP contribution in [0.15, 0.2) is 60.0 Å². The van der Waals surface area contributed by atoms with Gasteiger partial charge in [0.05, 0.1) is 10.6 Å². The Morgan fingerprint density at radius 1 is 0.892 bits per heavy atom. The Morgan fingerprint density at radius 2 is 1.70 bits per heavy atom. The number of anilines is 1. The fraction of sp³-hybridized carbons (Fsp3) is 0.429. The molecule has 0 bridgehead atoms. The van der Waals surface area contributed by atoms with Gasteiger partial charge in [-0.2, -0.15) is 0 Å². The van der Waals surface area contributed by atoms with Crippen molar-refractivity contribution in [3.05, 3.63) is 64.9 Å². The van der Waals surface area contributed by atoms with E-state index in [4.69, 9.17) is 0 Å². The molecule has 0 spiro atoms. The van der Waals surface area contributed by atoms with E-state index in [0.29, 0.717) is 31.1 Å². The van der Waals surface area contributed by atoms with Gasteiger partial charge in [-0.1, -0.05) is 50.2 Å². The Hall–Kier alpha value is -3.30. The number of aromatic nitrogens is 2. The van der Waals surface area contributed by atoms with Crippen LogP contribution in [0.1, 0.15) is 29.9 Å². The second kappa shape index (κ2) is 13.3. The summed E-state index contributed by atoms with van der Waals surface area (Å²) in [4.78, 5) is 35.2.